The maximum Gasteiger partial charge on any atom is 0.245 e. The summed E-state index contributed by atoms with van der Waals surface area (Å²) in [6.07, 6.45) is 3.15. The van der Waals surface area contributed by atoms with E-state index in [0.29, 0.717) is 32.2 Å². The Morgan fingerprint density at radius 3 is 2.62 bits per heavy atom. The molecule has 1 aromatic carbocycles. The van der Waals surface area contributed by atoms with E-state index >= 15 is 0 Å². The third-order valence-corrected chi connectivity index (χ3v) is 5.55. The van der Waals surface area contributed by atoms with E-state index in [2.05, 4.69) is 6.58 Å². The summed E-state index contributed by atoms with van der Waals surface area (Å²) < 4.78 is 45.3. The summed E-state index contributed by atoms with van der Waals surface area (Å²) in [5.74, 6) is -0.356. The van der Waals surface area contributed by atoms with Crippen LogP contribution in [0.4, 0.5) is 4.39 Å². The number of benzene rings is 1. The lowest BCUT2D eigenvalue weighted by Gasteiger charge is -2.31. The van der Waals surface area contributed by atoms with Gasteiger partial charge in [0.25, 0.3) is 0 Å². The molecule has 4 nitrogen and oxygen atoms in total. The van der Waals surface area contributed by atoms with Crippen molar-refractivity contribution in [3.63, 3.8) is 0 Å². The van der Waals surface area contributed by atoms with E-state index in [-0.39, 0.29) is 4.90 Å². The average Bonchev–Trinajstić information content (AvgIpc) is 2.48. The minimum absolute atomic E-state index is 0.244. The maximum absolute atomic E-state index is 13.7. The average molecular weight is 313 g/mol. The molecule has 0 amide bonds. The number of nitrogens with zero attached hydrogens (tertiary/aromatic N) is 1. The van der Waals surface area contributed by atoms with E-state index in [4.69, 9.17) is 4.74 Å². The summed E-state index contributed by atoms with van der Waals surface area (Å²) >= 11 is 0. The highest BCUT2D eigenvalue weighted by molar-refractivity contribution is 7.89. The molecule has 0 spiro atoms. The van der Waals surface area contributed by atoms with E-state index in [1.807, 2.05) is 0 Å². The molecule has 6 heteroatoms. The molecular formula is C15H20FNO3S. The number of hydrogen-bond donors (Lipinski definition) is 0. The summed E-state index contributed by atoms with van der Waals surface area (Å²) in [6, 6.07) is 5.50. The zero-order valence-electron chi connectivity index (χ0n) is 11.9. The molecule has 0 atom stereocenters. The van der Waals surface area contributed by atoms with Crippen molar-refractivity contribution < 1.29 is 17.5 Å². The van der Waals surface area contributed by atoms with Gasteiger partial charge in [-0.1, -0.05) is 18.2 Å². The van der Waals surface area contributed by atoms with Gasteiger partial charge in [-0.3, -0.25) is 0 Å². The highest BCUT2D eigenvalue weighted by Gasteiger charge is 2.31. The number of halogens is 1. The van der Waals surface area contributed by atoms with Crippen LogP contribution in [0.25, 0.3) is 0 Å². The molecule has 0 N–H and O–H groups in total. The SMILES string of the molecule is C=CCOCC1CCN(S(=O)(=O)c2ccccc2F)CC1. The largest absolute Gasteiger partial charge is 0.377 e. The van der Waals surface area contributed by atoms with Crippen LogP contribution in [-0.2, 0) is 14.8 Å². The van der Waals surface area contributed by atoms with E-state index in [1.165, 1.54) is 28.6 Å². The molecule has 1 heterocycles. The van der Waals surface area contributed by atoms with Gasteiger partial charge in [-0.05, 0) is 30.9 Å². The lowest BCUT2D eigenvalue weighted by atomic mass is 9.99. The zero-order valence-corrected chi connectivity index (χ0v) is 12.7. The smallest absolute Gasteiger partial charge is 0.245 e. The second kappa shape index (κ2) is 7.15. The summed E-state index contributed by atoms with van der Waals surface area (Å²) in [4.78, 5) is -0.244. The van der Waals surface area contributed by atoms with E-state index in [9.17, 15) is 12.8 Å². The van der Waals surface area contributed by atoms with Crippen LogP contribution in [-0.4, -0.2) is 39.0 Å². The lowest BCUT2D eigenvalue weighted by Crippen LogP contribution is -2.39. The summed E-state index contributed by atoms with van der Waals surface area (Å²) in [6.45, 7) is 5.50. The van der Waals surface area contributed by atoms with Crippen LogP contribution in [0, 0.1) is 11.7 Å². The first-order valence-corrected chi connectivity index (χ1v) is 8.43. The predicted molar refractivity (Wildman–Crippen MR) is 78.9 cm³/mol. The number of sulfonamides is 1. The van der Waals surface area contributed by atoms with Crippen molar-refractivity contribution in [1.29, 1.82) is 0 Å². The predicted octanol–water partition coefficient (Wildman–Crippen LogP) is 2.43. The number of hydrogen-bond acceptors (Lipinski definition) is 3. The topological polar surface area (TPSA) is 46.6 Å². The van der Waals surface area contributed by atoms with Gasteiger partial charge in [-0.15, -0.1) is 6.58 Å². The van der Waals surface area contributed by atoms with Crippen molar-refractivity contribution in [2.75, 3.05) is 26.3 Å². The first-order chi connectivity index (χ1) is 10.1. The normalized spacial score (nSPS) is 17.8. The molecule has 116 valence electrons. The Morgan fingerprint density at radius 2 is 2.00 bits per heavy atom. The Kier molecular flexibility index (Phi) is 5.50. The van der Waals surface area contributed by atoms with E-state index in [1.54, 1.807) is 6.08 Å². The van der Waals surface area contributed by atoms with Crippen LogP contribution in [0.5, 0.6) is 0 Å². The number of rotatable bonds is 6. The number of ether oxygens (including phenoxy) is 1. The molecule has 1 fully saturated rings. The number of piperidine rings is 1. The Hall–Kier alpha value is -1.24. The molecule has 1 aliphatic heterocycles. The third-order valence-electron chi connectivity index (χ3n) is 3.62. The zero-order chi connectivity index (χ0) is 15.3. The first-order valence-electron chi connectivity index (χ1n) is 6.99. The monoisotopic (exact) mass is 313 g/mol. The van der Waals surface area contributed by atoms with Crippen LogP contribution in [0.15, 0.2) is 41.8 Å². The van der Waals surface area contributed by atoms with Crippen LogP contribution in [0.3, 0.4) is 0 Å². The van der Waals surface area contributed by atoms with Gasteiger partial charge in [0.2, 0.25) is 10.0 Å². The van der Waals surface area contributed by atoms with Crippen molar-refractivity contribution in [3.8, 4) is 0 Å². The van der Waals surface area contributed by atoms with Crippen LogP contribution in [0.1, 0.15) is 12.8 Å². The third kappa shape index (κ3) is 3.90. The highest BCUT2D eigenvalue weighted by Crippen LogP contribution is 2.25. The van der Waals surface area contributed by atoms with Gasteiger partial charge in [-0.2, -0.15) is 4.31 Å². The van der Waals surface area contributed by atoms with Crippen LogP contribution >= 0.6 is 0 Å². The molecule has 0 saturated carbocycles. The van der Waals surface area contributed by atoms with E-state index in [0.717, 1.165) is 12.8 Å². The fourth-order valence-corrected chi connectivity index (χ4v) is 3.96. The first kappa shape index (κ1) is 16.1. The second-order valence-electron chi connectivity index (χ2n) is 5.10. The molecule has 0 aromatic heterocycles. The van der Waals surface area contributed by atoms with Gasteiger partial charge in [0.05, 0.1) is 6.61 Å². The van der Waals surface area contributed by atoms with E-state index < -0.39 is 15.8 Å². The summed E-state index contributed by atoms with van der Waals surface area (Å²) in [7, 11) is -3.74. The van der Waals surface area contributed by atoms with Crippen molar-refractivity contribution in [2.24, 2.45) is 5.92 Å². The molecule has 1 aliphatic rings. The van der Waals surface area contributed by atoms with Gasteiger partial charge < -0.3 is 4.74 Å². The van der Waals surface area contributed by atoms with Crippen molar-refractivity contribution in [2.45, 2.75) is 17.7 Å². The lowest BCUT2D eigenvalue weighted by molar-refractivity contribution is 0.0982. The molecule has 0 unspecified atom stereocenters. The standard InChI is InChI=1S/C15H20FNO3S/c1-2-11-20-12-13-7-9-17(10-8-13)21(18,19)15-6-4-3-5-14(15)16/h2-6,13H,1,7-12H2. The molecule has 0 aliphatic carbocycles. The Labute approximate surface area is 125 Å². The summed E-state index contributed by atoms with van der Waals surface area (Å²) in [5, 5.41) is 0. The Morgan fingerprint density at radius 1 is 1.33 bits per heavy atom. The van der Waals surface area contributed by atoms with Gasteiger partial charge in [0.1, 0.15) is 10.7 Å². The Balaban J connectivity index is 1.98. The molecule has 1 aromatic rings. The van der Waals surface area contributed by atoms with Crippen LogP contribution < -0.4 is 0 Å². The quantitative estimate of drug-likeness (QED) is 0.598. The van der Waals surface area contributed by atoms with Crippen molar-refractivity contribution >= 4 is 10.0 Å². The molecule has 0 bridgehead atoms. The van der Waals surface area contributed by atoms with Gasteiger partial charge in [0.15, 0.2) is 0 Å². The Bertz CT molecular complexity index is 580. The second-order valence-corrected chi connectivity index (χ2v) is 7.01. The molecule has 1 saturated heterocycles. The van der Waals surface area contributed by atoms with Gasteiger partial charge in [-0.25, -0.2) is 12.8 Å². The van der Waals surface area contributed by atoms with Crippen molar-refractivity contribution in [1.82, 2.24) is 4.31 Å². The van der Waals surface area contributed by atoms with Crippen LogP contribution in [0.2, 0.25) is 0 Å². The maximum atomic E-state index is 13.7. The van der Waals surface area contributed by atoms with Gasteiger partial charge in [0, 0.05) is 19.7 Å². The molecule has 21 heavy (non-hydrogen) atoms. The van der Waals surface area contributed by atoms with Gasteiger partial charge >= 0.3 is 0 Å². The molecule has 0 radical (unpaired) electrons. The fraction of sp³-hybridized carbons (Fsp3) is 0.467. The minimum Gasteiger partial charge on any atom is -0.377 e. The highest BCUT2D eigenvalue weighted by atomic mass is 32.2. The van der Waals surface area contributed by atoms with Crippen molar-refractivity contribution in [3.05, 3.63) is 42.7 Å². The summed E-state index contributed by atoms with van der Waals surface area (Å²) in [5.41, 5.74) is 0. The minimum atomic E-state index is -3.74. The fourth-order valence-electron chi connectivity index (χ4n) is 2.43. The molecular weight excluding hydrogens is 293 g/mol. The molecule has 2 rings (SSSR count).